The number of aliphatic hydroxyl groups excluding tert-OH is 1. The van der Waals surface area contributed by atoms with Gasteiger partial charge in [-0.15, -0.1) is 0 Å². The molecule has 0 aliphatic carbocycles. The third-order valence-electron chi connectivity index (χ3n) is 9.43. The van der Waals surface area contributed by atoms with Gasteiger partial charge in [-0.2, -0.15) is 0 Å². The van der Waals surface area contributed by atoms with Crippen molar-refractivity contribution in [2.24, 2.45) is 23.1 Å². The van der Waals surface area contributed by atoms with Gasteiger partial charge in [-0.05, 0) is 63.1 Å². The van der Waals surface area contributed by atoms with Gasteiger partial charge in [0.2, 0.25) is 41.4 Å². The molecular formula is C38H58N10O12. The second kappa shape index (κ2) is 24.7. The molecule has 0 fully saturated rings. The molecule has 16 N–H and O–H groups in total. The Kier molecular flexibility index (Phi) is 20.6. The molecule has 60 heavy (non-hydrogen) atoms. The number of carboxylic acids is 2. The molecule has 0 spiro atoms. The number of carbonyl (C=O) groups is 9. The number of hydrogen-bond donors (Lipinski definition) is 13. The first-order chi connectivity index (χ1) is 28.3. The summed E-state index contributed by atoms with van der Waals surface area (Å²) in [5, 5.41) is 44.1. The second-order valence-corrected chi connectivity index (χ2v) is 14.6. The first-order valence-electron chi connectivity index (χ1n) is 19.5. The van der Waals surface area contributed by atoms with Crippen molar-refractivity contribution in [1.82, 2.24) is 36.9 Å². The number of H-pyrrole nitrogens is 1. The number of rotatable bonds is 27. The zero-order chi connectivity index (χ0) is 45.1. The number of nitrogens with one attached hydrogen (secondary N) is 7. The fraction of sp³-hybridized carbons (Fsp3) is 0.553. The molecule has 2 aromatic rings. The summed E-state index contributed by atoms with van der Waals surface area (Å²) >= 11 is 0. The molecule has 0 saturated heterocycles. The van der Waals surface area contributed by atoms with E-state index >= 15 is 0 Å². The standard InChI is InChI=1S/C38H58N10O12/c1-19(2)31(48-33(54)23(40)11-14-30(51)52)37(58)45-26(12-13-29(41)50)35(56)47-28(18-49)36(57)43-20(3)32(53)44-25(10-6-7-15-39)34(55)46-27(38(59)60)16-21-17-42-24-9-5-4-8-22(21)24/h4-5,8-9,17,19-20,23,25-28,31,42,49H,6-7,10-16,18,39-40H2,1-3H3,(H2,41,50)(H,43,57)(H,44,53)(H,45,58)(H,46,55)(H,47,56)(H,48,54)(H,51,52)(H,59,60)/t20-,23-,25-,26-,27-,28-,31-/m0/s1. The van der Waals surface area contributed by atoms with Crippen LogP contribution in [-0.2, 0) is 49.6 Å². The molecule has 0 saturated carbocycles. The summed E-state index contributed by atoms with van der Waals surface area (Å²) in [5.74, 6) is -9.36. The SMILES string of the molecule is CC(C)[C@H](NC(=O)[C@@H](N)CCC(=O)O)C(=O)N[C@@H](CCC(N)=O)C(=O)N[C@@H](CO)C(=O)N[C@@H](C)C(=O)N[C@@H](CCCCN)C(=O)N[C@@H](Cc1c[nH]c2ccccc12)C(=O)O. The van der Waals surface area contributed by atoms with Crippen LogP contribution in [0.1, 0.15) is 71.3 Å². The van der Waals surface area contributed by atoms with Crippen LogP contribution in [0.5, 0.6) is 0 Å². The molecule has 2 rings (SSSR count). The van der Waals surface area contributed by atoms with Crippen molar-refractivity contribution in [3.05, 3.63) is 36.0 Å². The first-order valence-corrected chi connectivity index (χ1v) is 19.5. The van der Waals surface area contributed by atoms with E-state index in [1.54, 1.807) is 32.2 Å². The number of aromatic amines is 1. The maximum absolute atomic E-state index is 13.4. The summed E-state index contributed by atoms with van der Waals surface area (Å²) in [6.07, 6.45) is 1.14. The highest BCUT2D eigenvalue weighted by atomic mass is 16.4. The second-order valence-electron chi connectivity index (χ2n) is 14.6. The Bertz CT molecular complexity index is 1840. The number of aliphatic carboxylic acids is 2. The van der Waals surface area contributed by atoms with Gasteiger partial charge in [0.1, 0.15) is 36.3 Å². The fourth-order valence-corrected chi connectivity index (χ4v) is 5.92. The molecule has 0 unspecified atom stereocenters. The molecule has 0 bridgehead atoms. The molecule has 22 nitrogen and oxygen atoms in total. The van der Waals surface area contributed by atoms with Crippen molar-refractivity contribution in [2.45, 2.75) is 114 Å². The van der Waals surface area contributed by atoms with Crippen molar-refractivity contribution >= 4 is 64.2 Å². The van der Waals surface area contributed by atoms with E-state index in [1.165, 1.54) is 6.92 Å². The maximum atomic E-state index is 13.4. The van der Waals surface area contributed by atoms with Gasteiger partial charge in [0.25, 0.3) is 0 Å². The lowest BCUT2D eigenvalue weighted by molar-refractivity contribution is -0.142. The van der Waals surface area contributed by atoms with E-state index in [0.717, 1.165) is 10.9 Å². The topological polar surface area (TPSA) is 380 Å². The number of amides is 7. The molecule has 1 aromatic carbocycles. The third-order valence-corrected chi connectivity index (χ3v) is 9.43. The van der Waals surface area contributed by atoms with Crippen molar-refractivity contribution in [3.63, 3.8) is 0 Å². The van der Waals surface area contributed by atoms with Crippen LogP contribution in [0, 0.1) is 5.92 Å². The van der Waals surface area contributed by atoms with E-state index in [0.29, 0.717) is 18.4 Å². The number of para-hydroxylation sites is 1. The number of aromatic nitrogens is 1. The Balaban J connectivity index is 2.14. The smallest absolute Gasteiger partial charge is 0.326 e. The zero-order valence-electron chi connectivity index (χ0n) is 33.8. The van der Waals surface area contributed by atoms with E-state index in [4.69, 9.17) is 22.3 Å². The van der Waals surface area contributed by atoms with Gasteiger partial charge in [0, 0.05) is 36.4 Å². The third kappa shape index (κ3) is 16.3. The summed E-state index contributed by atoms with van der Waals surface area (Å²) in [6.45, 7) is 3.71. The number of benzene rings is 1. The molecule has 0 aliphatic heterocycles. The molecule has 0 aliphatic rings. The number of unbranched alkanes of at least 4 members (excludes halogenated alkanes) is 1. The summed E-state index contributed by atoms with van der Waals surface area (Å²) in [4.78, 5) is 117. The number of primary amides is 1. The van der Waals surface area contributed by atoms with Crippen LogP contribution in [0.2, 0.25) is 0 Å². The Labute approximate surface area is 345 Å². The highest BCUT2D eigenvalue weighted by Crippen LogP contribution is 2.19. The van der Waals surface area contributed by atoms with Crippen molar-refractivity contribution < 1.29 is 58.5 Å². The lowest BCUT2D eigenvalue weighted by Gasteiger charge is -2.27. The van der Waals surface area contributed by atoms with E-state index in [1.807, 2.05) is 12.1 Å². The van der Waals surface area contributed by atoms with E-state index in [2.05, 4.69) is 36.9 Å². The average Bonchev–Trinajstić information content (AvgIpc) is 3.60. The van der Waals surface area contributed by atoms with Crippen LogP contribution in [0.3, 0.4) is 0 Å². The van der Waals surface area contributed by atoms with Crippen molar-refractivity contribution in [2.75, 3.05) is 13.2 Å². The quantitative estimate of drug-likeness (QED) is 0.0398. The Morgan fingerprint density at radius 2 is 1.27 bits per heavy atom. The van der Waals surface area contributed by atoms with Crippen LogP contribution in [0.25, 0.3) is 10.9 Å². The van der Waals surface area contributed by atoms with Gasteiger partial charge in [-0.25, -0.2) is 4.79 Å². The number of fused-ring (bicyclic) bond motifs is 1. The van der Waals surface area contributed by atoms with Crippen LogP contribution >= 0.6 is 0 Å². The summed E-state index contributed by atoms with van der Waals surface area (Å²) in [6, 6.07) is -2.50. The van der Waals surface area contributed by atoms with Crippen LogP contribution in [0.15, 0.2) is 30.5 Å². The van der Waals surface area contributed by atoms with E-state index in [9.17, 15) is 53.4 Å². The van der Waals surface area contributed by atoms with E-state index < -0.39 is 121 Å². The van der Waals surface area contributed by atoms with Gasteiger partial charge in [0.05, 0.1) is 12.6 Å². The van der Waals surface area contributed by atoms with Gasteiger partial charge >= 0.3 is 11.9 Å². The predicted octanol–water partition coefficient (Wildman–Crippen LogP) is -3.04. The zero-order valence-corrected chi connectivity index (χ0v) is 33.8. The monoisotopic (exact) mass is 846 g/mol. The van der Waals surface area contributed by atoms with Crippen LogP contribution in [0.4, 0.5) is 0 Å². The number of carbonyl (C=O) groups excluding carboxylic acids is 7. The first kappa shape index (κ1) is 50.0. The highest BCUT2D eigenvalue weighted by molar-refractivity contribution is 5.97. The van der Waals surface area contributed by atoms with Crippen LogP contribution < -0.4 is 49.1 Å². The summed E-state index contributed by atoms with van der Waals surface area (Å²) in [7, 11) is 0. The van der Waals surface area contributed by atoms with Gasteiger partial charge < -0.3 is 69.4 Å². The Hall–Kier alpha value is -6.13. The maximum Gasteiger partial charge on any atom is 0.326 e. The summed E-state index contributed by atoms with van der Waals surface area (Å²) < 4.78 is 0. The molecule has 1 heterocycles. The molecule has 7 atom stereocenters. The predicted molar refractivity (Wildman–Crippen MR) is 215 cm³/mol. The number of nitrogens with two attached hydrogens (primary N) is 3. The minimum Gasteiger partial charge on any atom is -0.481 e. The molecule has 7 amide bonds. The molecular weight excluding hydrogens is 788 g/mol. The molecule has 22 heteroatoms. The van der Waals surface area contributed by atoms with Crippen molar-refractivity contribution in [3.8, 4) is 0 Å². The minimum atomic E-state index is -1.70. The van der Waals surface area contributed by atoms with Gasteiger partial charge in [-0.1, -0.05) is 32.0 Å². The number of hydrogen-bond acceptors (Lipinski definition) is 12. The van der Waals surface area contributed by atoms with Crippen molar-refractivity contribution in [1.29, 1.82) is 0 Å². The molecule has 1 aromatic heterocycles. The molecule has 0 radical (unpaired) electrons. The Morgan fingerprint density at radius 3 is 1.85 bits per heavy atom. The van der Waals surface area contributed by atoms with Gasteiger partial charge in [-0.3, -0.25) is 38.4 Å². The largest absolute Gasteiger partial charge is 0.481 e. The fourth-order valence-electron chi connectivity index (χ4n) is 5.92. The van der Waals surface area contributed by atoms with Crippen LogP contribution in [-0.4, -0.2) is 129 Å². The highest BCUT2D eigenvalue weighted by Gasteiger charge is 2.33. The normalized spacial score (nSPS) is 14.7. The summed E-state index contributed by atoms with van der Waals surface area (Å²) in [5.41, 5.74) is 18.1. The average molecular weight is 847 g/mol. The number of carboxylic acid groups (broad SMARTS) is 2. The minimum absolute atomic E-state index is 0.0674. The lowest BCUT2D eigenvalue weighted by Crippen LogP contribution is -2.60. The Morgan fingerprint density at radius 1 is 0.683 bits per heavy atom. The number of aliphatic hydroxyl groups is 1. The molecule has 332 valence electrons. The van der Waals surface area contributed by atoms with Gasteiger partial charge in [0.15, 0.2) is 0 Å². The lowest BCUT2D eigenvalue weighted by atomic mass is 10.0. The van der Waals surface area contributed by atoms with E-state index in [-0.39, 0.29) is 32.2 Å².